The summed E-state index contributed by atoms with van der Waals surface area (Å²) in [7, 11) is 0. The number of aldehydes is 1. The molecule has 0 saturated heterocycles. The highest BCUT2D eigenvalue weighted by Crippen LogP contribution is 2.10. The lowest BCUT2D eigenvalue weighted by molar-refractivity contribution is 0.111. The van der Waals surface area contributed by atoms with Gasteiger partial charge in [-0.15, -0.1) is 0 Å². The number of halogens is 1. The zero-order chi connectivity index (χ0) is 9.42. The molecule has 0 N–H and O–H groups in total. The maximum atomic E-state index is 13.2. The van der Waals surface area contributed by atoms with Crippen LogP contribution in [-0.4, -0.2) is 15.7 Å². The van der Waals surface area contributed by atoms with Gasteiger partial charge < -0.3 is 4.40 Å². The molecule has 0 bridgehead atoms. The van der Waals surface area contributed by atoms with E-state index in [2.05, 4.69) is 4.98 Å². The van der Waals surface area contributed by atoms with Crippen LogP contribution in [0.4, 0.5) is 4.39 Å². The van der Waals surface area contributed by atoms with Crippen LogP contribution in [0.15, 0.2) is 18.5 Å². The second kappa shape index (κ2) is 2.65. The fourth-order valence-electron chi connectivity index (χ4n) is 1.27. The Morgan fingerprint density at radius 1 is 1.54 bits per heavy atom. The topological polar surface area (TPSA) is 34.4 Å². The number of aromatic nitrogens is 2. The molecule has 13 heavy (non-hydrogen) atoms. The molecule has 0 radical (unpaired) electrons. The van der Waals surface area contributed by atoms with E-state index in [1.165, 1.54) is 16.7 Å². The minimum absolute atomic E-state index is 0.188. The molecule has 0 aliphatic heterocycles. The molecular formula is C9H7FN2O. The average Bonchev–Trinajstić information content (AvgIpc) is 2.47. The van der Waals surface area contributed by atoms with E-state index in [1.54, 1.807) is 13.1 Å². The summed E-state index contributed by atoms with van der Waals surface area (Å²) in [6, 6.07) is 1.39. The Balaban J connectivity index is 2.82. The SMILES string of the molecule is Cc1cc(F)c2nc(C=O)cn2c1. The normalized spacial score (nSPS) is 10.6. The Hall–Kier alpha value is -1.71. The van der Waals surface area contributed by atoms with E-state index in [9.17, 15) is 9.18 Å². The van der Waals surface area contributed by atoms with E-state index in [-0.39, 0.29) is 11.3 Å². The molecule has 0 spiro atoms. The van der Waals surface area contributed by atoms with Crippen molar-refractivity contribution in [2.75, 3.05) is 0 Å². The van der Waals surface area contributed by atoms with Gasteiger partial charge in [0.2, 0.25) is 0 Å². The molecule has 0 amide bonds. The molecule has 2 aromatic rings. The first kappa shape index (κ1) is 7.91. The van der Waals surface area contributed by atoms with E-state index in [0.717, 1.165) is 5.56 Å². The number of carbonyl (C=O) groups excluding carboxylic acids is 1. The summed E-state index contributed by atoms with van der Waals surface area (Å²) in [6.45, 7) is 1.78. The Bertz CT molecular complexity index is 476. The first-order valence-electron chi connectivity index (χ1n) is 3.81. The number of pyridine rings is 1. The third kappa shape index (κ3) is 1.20. The molecule has 4 heteroatoms. The standard InChI is InChI=1S/C9H7FN2O/c1-6-2-8(10)9-11-7(5-13)4-12(9)3-6/h2-5H,1H3. The Morgan fingerprint density at radius 3 is 3.00 bits per heavy atom. The maximum Gasteiger partial charge on any atom is 0.173 e. The Kier molecular flexibility index (Phi) is 1.62. The van der Waals surface area contributed by atoms with Crippen LogP contribution in [0.5, 0.6) is 0 Å². The molecule has 0 aliphatic carbocycles. The quantitative estimate of drug-likeness (QED) is 0.621. The molecule has 0 atom stereocenters. The predicted molar refractivity (Wildman–Crippen MR) is 45.3 cm³/mol. The molecule has 0 aliphatic rings. The summed E-state index contributed by atoms with van der Waals surface area (Å²) in [4.78, 5) is 14.2. The smallest absolute Gasteiger partial charge is 0.173 e. The zero-order valence-corrected chi connectivity index (χ0v) is 6.99. The van der Waals surface area contributed by atoms with E-state index < -0.39 is 5.82 Å². The summed E-state index contributed by atoms with van der Waals surface area (Å²) in [6.07, 6.45) is 3.82. The van der Waals surface area contributed by atoms with Crippen molar-refractivity contribution >= 4 is 11.9 Å². The van der Waals surface area contributed by atoms with Gasteiger partial charge in [-0.1, -0.05) is 0 Å². The molecule has 0 unspecified atom stereocenters. The summed E-state index contributed by atoms with van der Waals surface area (Å²) in [5.74, 6) is -0.409. The first-order chi connectivity index (χ1) is 6.20. The van der Waals surface area contributed by atoms with Crippen LogP contribution in [0.2, 0.25) is 0 Å². The van der Waals surface area contributed by atoms with Gasteiger partial charge >= 0.3 is 0 Å². The lowest BCUT2D eigenvalue weighted by atomic mass is 10.3. The summed E-state index contributed by atoms with van der Waals surface area (Å²) < 4.78 is 14.7. The Labute approximate surface area is 73.8 Å². The molecule has 0 aromatic carbocycles. The Morgan fingerprint density at radius 2 is 2.31 bits per heavy atom. The highest BCUT2D eigenvalue weighted by Gasteiger charge is 2.05. The van der Waals surface area contributed by atoms with Gasteiger partial charge in [-0.25, -0.2) is 9.37 Å². The molecule has 0 fully saturated rings. The minimum atomic E-state index is -0.409. The third-order valence-electron chi connectivity index (χ3n) is 1.78. The predicted octanol–water partition coefficient (Wildman–Crippen LogP) is 1.59. The monoisotopic (exact) mass is 178 g/mol. The van der Waals surface area contributed by atoms with E-state index in [4.69, 9.17) is 0 Å². The van der Waals surface area contributed by atoms with Crippen molar-refractivity contribution in [1.29, 1.82) is 0 Å². The number of rotatable bonds is 1. The second-order valence-electron chi connectivity index (χ2n) is 2.88. The molecule has 3 nitrogen and oxygen atoms in total. The maximum absolute atomic E-state index is 13.2. The lowest BCUT2D eigenvalue weighted by Crippen LogP contribution is -1.89. The fourth-order valence-corrected chi connectivity index (χ4v) is 1.27. The first-order valence-corrected chi connectivity index (χ1v) is 3.81. The van der Waals surface area contributed by atoms with Gasteiger partial charge in [0.15, 0.2) is 17.8 Å². The molecule has 2 aromatic heterocycles. The number of carbonyl (C=O) groups is 1. The number of fused-ring (bicyclic) bond motifs is 1. The average molecular weight is 178 g/mol. The number of hydrogen-bond donors (Lipinski definition) is 0. The zero-order valence-electron chi connectivity index (χ0n) is 6.99. The summed E-state index contributed by atoms with van der Waals surface area (Å²) >= 11 is 0. The van der Waals surface area contributed by atoms with Crippen LogP contribution in [0, 0.1) is 12.7 Å². The van der Waals surface area contributed by atoms with E-state index in [1.807, 2.05) is 0 Å². The van der Waals surface area contributed by atoms with Crippen molar-refractivity contribution in [3.05, 3.63) is 35.5 Å². The minimum Gasteiger partial charge on any atom is -0.304 e. The van der Waals surface area contributed by atoms with Crippen molar-refractivity contribution in [2.45, 2.75) is 6.92 Å². The molecule has 2 rings (SSSR count). The number of aryl methyl sites for hydroxylation is 1. The number of hydrogen-bond acceptors (Lipinski definition) is 2. The van der Waals surface area contributed by atoms with E-state index in [0.29, 0.717) is 6.29 Å². The van der Waals surface area contributed by atoms with Gasteiger partial charge in [-0.2, -0.15) is 0 Å². The number of imidazole rings is 1. The fraction of sp³-hybridized carbons (Fsp3) is 0.111. The van der Waals surface area contributed by atoms with Crippen LogP contribution < -0.4 is 0 Å². The number of nitrogens with zero attached hydrogens (tertiary/aromatic N) is 2. The van der Waals surface area contributed by atoms with E-state index >= 15 is 0 Å². The van der Waals surface area contributed by atoms with Crippen LogP contribution in [0.25, 0.3) is 5.65 Å². The van der Waals surface area contributed by atoms with Crippen LogP contribution in [0.1, 0.15) is 16.1 Å². The van der Waals surface area contributed by atoms with Crippen LogP contribution in [-0.2, 0) is 0 Å². The molecule has 66 valence electrons. The second-order valence-corrected chi connectivity index (χ2v) is 2.88. The molecule has 2 heterocycles. The molecular weight excluding hydrogens is 171 g/mol. The van der Waals surface area contributed by atoms with Crippen LogP contribution >= 0.6 is 0 Å². The van der Waals surface area contributed by atoms with Gasteiger partial charge in [0.05, 0.1) is 0 Å². The highest BCUT2D eigenvalue weighted by atomic mass is 19.1. The van der Waals surface area contributed by atoms with Gasteiger partial charge in [0.1, 0.15) is 5.69 Å². The van der Waals surface area contributed by atoms with Gasteiger partial charge in [-0.3, -0.25) is 4.79 Å². The summed E-state index contributed by atoms with van der Waals surface area (Å²) in [5, 5.41) is 0. The third-order valence-corrected chi connectivity index (χ3v) is 1.78. The summed E-state index contributed by atoms with van der Waals surface area (Å²) in [5.41, 5.74) is 1.22. The van der Waals surface area contributed by atoms with Gasteiger partial charge in [-0.05, 0) is 18.6 Å². The van der Waals surface area contributed by atoms with Crippen molar-refractivity contribution in [1.82, 2.24) is 9.38 Å². The largest absolute Gasteiger partial charge is 0.304 e. The van der Waals surface area contributed by atoms with Crippen LogP contribution in [0.3, 0.4) is 0 Å². The van der Waals surface area contributed by atoms with Crippen molar-refractivity contribution < 1.29 is 9.18 Å². The van der Waals surface area contributed by atoms with Crippen molar-refractivity contribution in [3.8, 4) is 0 Å². The van der Waals surface area contributed by atoms with Gasteiger partial charge in [0.25, 0.3) is 0 Å². The highest BCUT2D eigenvalue weighted by molar-refractivity contribution is 5.73. The lowest BCUT2D eigenvalue weighted by Gasteiger charge is -1.96. The van der Waals surface area contributed by atoms with Crippen molar-refractivity contribution in [3.63, 3.8) is 0 Å². The van der Waals surface area contributed by atoms with Gasteiger partial charge in [0, 0.05) is 12.4 Å². The van der Waals surface area contributed by atoms with Crippen molar-refractivity contribution in [2.24, 2.45) is 0 Å². The molecule has 0 saturated carbocycles.